The Kier molecular flexibility index (Phi) is 3.11. The van der Waals surface area contributed by atoms with Crippen LogP contribution in [0.15, 0.2) is 0 Å². The highest BCUT2D eigenvalue weighted by atomic mass is 16.6. The quantitative estimate of drug-likeness (QED) is 0.700. The van der Waals surface area contributed by atoms with Gasteiger partial charge in [0.15, 0.2) is 0 Å². The molecule has 1 fully saturated rings. The van der Waals surface area contributed by atoms with E-state index in [-0.39, 0.29) is 13.2 Å². The van der Waals surface area contributed by atoms with E-state index < -0.39 is 18.0 Å². The lowest BCUT2D eigenvalue weighted by molar-refractivity contribution is -0.145. The highest BCUT2D eigenvalue weighted by Crippen LogP contribution is 2.11. The van der Waals surface area contributed by atoms with E-state index in [0.717, 1.165) is 6.42 Å². The van der Waals surface area contributed by atoms with Gasteiger partial charge >= 0.3 is 12.1 Å². The first kappa shape index (κ1) is 9.83. The molecule has 0 aromatic rings. The fourth-order valence-electron chi connectivity index (χ4n) is 1.26. The Bertz CT molecular complexity index is 216. The van der Waals surface area contributed by atoms with Gasteiger partial charge in [0.25, 0.3) is 0 Å². The number of rotatable bonds is 3. The summed E-state index contributed by atoms with van der Waals surface area (Å²) in [5, 5.41) is 8.69. The minimum atomic E-state index is -0.909. The first-order valence-corrected chi connectivity index (χ1v) is 4.29. The standard InChI is InChI=1S/C8H13NO4/c1-2-3-9-4-6(7(10)11)5-13-8(9)12/h6H,2-5H2,1H3,(H,10,11). The molecule has 0 aromatic carbocycles. The zero-order valence-electron chi connectivity index (χ0n) is 7.52. The van der Waals surface area contributed by atoms with Gasteiger partial charge in [-0.05, 0) is 6.42 Å². The van der Waals surface area contributed by atoms with Crippen molar-refractivity contribution in [2.45, 2.75) is 13.3 Å². The van der Waals surface area contributed by atoms with E-state index in [9.17, 15) is 9.59 Å². The van der Waals surface area contributed by atoms with Crippen LogP contribution in [0, 0.1) is 5.92 Å². The van der Waals surface area contributed by atoms with E-state index in [4.69, 9.17) is 9.84 Å². The molecule has 1 unspecified atom stereocenters. The first-order chi connectivity index (χ1) is 6.15. The van der Waals surface area contributed by atoms with Crippen LogP contribution in [0.5, 0.6) is 0 Å². The van der Waals surface area contributed by atoms with Crippen molar-refractivity contribution in [3.05, 3.63) is 0 Å². The third-order valence-electron chi connectivity index (χ3n) is 1.95. The minimum absolute atomic E-state index is 0.00557. The monoisotopic (exact) mass is 187 g/mol. The molecule has 1 saturated heterocycles. The van der Waals surface area contributed by atoms with Crippen LogP contribution in [-0.2, 0) is 9.53 Å². The van der Waals surface area contributed by atoms with E-state index >= 15 is 0 Å². The zero-order valence-corrected chi connectivity index (χ0v) is 7.52. The lowest BCUT2D eigenvalue weighted by Crippen LogP contribution is -2.45. The Hall–Kier alpha value is -1.26. The zero-order chi connectivity index (χ0) is 9.84. The molecule has 0 spiro atoms. The molecule has 1 rings (SSSR count). The SMILES string of the molecule is CCCN1CC(C(=O)O)COC1=O. The van der Waals surface area contributed by atoms with Gasteiger partial charge in [0.2, 0.25) is 0 Å². The van der Waals surface area contributed by atoms with Gasteiger partial charge in [-0.2, -0.15) is 0 Å². The summed E-state index contributed by atoms with van der Waals surface area (Å²) in [6, 6.07) is 0. The highest BCUT2D eigenvalue weighted by Gasteiger charge is 2.30. The van der Waals surface area contributed by atoms with Gasteiger partial charge < -0.3 is 14.7 Å². The lowest BCUT2D eigenvalue weighted by Gasteiger charge is -2.29. The second-order valence-corrected chi connectivity index (χ2v) is 3.06. The van der Waals surface area contributed by atoms with Gasteiger partial charge in [-0.25, -0.2) is 4.79 Å². The van der Waals surface area contributed by atoms with Crippen LogP contribution in [-0.4, -0.2) is 41.8 Å². The molecule has 1 N–H and O–H groups in total. The van der Waals surface area contributed by atoms with E-state index in [2.05, 4.69) is 0 Å². The second-order valence-electron chi connectivity index (χ2n) is 3.06. The van der Waals surface area contributed by atoms with Gasteiger partial charge in [0.05, 0.1) is 0 Å². The summed E-state index contributed by atoms with van der Waals surface area (Å²) in [4.78, 5) is 23.1. The van der Waals surface area contributed by atoms with Crippen LogP contribution >= 0.6 is 0 Å². The van der Waals surface area contributed by atoms with Gasteiger partial charge in [0, 0.05) is 13.1 Å². The summed E-state index contributed by atoms with van der Waals surface area (Å²) in [6.45, 7) is 2.75. The summed E-state index contributed by atoms with van der Waals surface area (Å²) in [6.07, 6.45) is 0.404. The minimum Gasteiger partial charge on any atom is -0.481 e. The van der Waals surface area contributed by atoms with E-state index in [0.29, 0.717) is 6.54 Å². The van der Waals surface area contributed by atoms with Gasteiger partial charge in [-0.1, -0.05) is 6.92 Å². The molecule has 1 heterocycles. The largest absolute Gasteiger partial charge is 0.481 e. The number of cyclic esters (lactones) is 1. The summed E-state index contributed by atoms with van der Waals surface area (Å²) >= 11 is 0. The van der Waals surface area contributed by atoms with Crippen LogP contribution < -0.4 is 0 Å². The maximum absolute atomic E-state index is 11.1. The topological polar surface area (TPSA) is 66.8 Å². The number of carbonyl (C=O) groups is 2. The van der Waals surface area contributed by atoms with Crippen LogP contribution in [0.3, 0.4) is 0 Å². The molecule has 0 aliphatic carbocycles. The molecule has 5 nitrogen and oxygen atoms in total. The number of nitrogens with zero attached hydrogens (tertiary/aromatic N) is 1. The molecule has 5 heteroatoms. The Labute approximate surface area is 76.3 Å². The predicted octanol–water partition coefficient (Wildman–Crippen LogP) is 0.549. The van der Waals surface area contributed by atoms with Crippen molar-refractivity contribution in [2.24, 2.45) is 5.92 Å². The summed E-state index contributed by atoms with van der Waals surface area (Å²) in [5.41, 5.74) is 0. The highest BCUT2D eigenvalue weighted by molar-refractivity contribution is 5.75. The lowest BCUT2D eigenvalue weighted by atomic mass is 10.1. The fourth-order valence-corrected chi connectivity index (χ4v) is 1.26. The van der Waals surface area contributed by atoms with Gasteiger partial charge in [-0.15, -0.1) is 0 Å². The molecule has 1 amide bonds. The number of aliphatic carboxylic acids is 1. The molecule has 0 saturated carbocycles. The molecule has 1 atom stereocenters. The van der Waals surface area contributed by atoms with Crippen molar-refractivity contribution in [1.82, 2.24) is 4.90 Å². The Morgan fingerprint density at radius 1 is 1.77 bits per heavy atom. The number of carboxylic acids is 1. The average molecular weight is 187 g/mol. The number of hydrogen-bond acceptors (Lipinski definition) is 3. The molecule has 0 bridgehead atoms. The van der Waals surface area contributed by atoms with E-state index in [1.165, 1.54) is 4.90 Å². The molecule has 1 aliphatic rings. The van der Waals surface area contributed by atoms with Crippen molar-refractivity contribution >= 4 is 12.1 Å². The third kappa shape index (κ3) is 2.34. The Morgan fingerprint density at radius 3 is 3.00 bits per heavy atom. The molecule has 13 heavy (non-hydrogen) atoms. The van der Waals surface area contributed by atoms with Gasteiger partial charge in [-0.3, -0.25) is 4.79 Å². The normalized spacial score (nSPS) is 22.7. The molecule has 0 aromatic heterocycles. The predicted molar refractivity (Wildman–Crippen MR) is 44.3 cm³/mol. The molecule has 74 valence electrons. The van der Waals surface area contributed by atoms with E-state index in [1.54, 1.807) is 0 Å². The van der Waals surface area contributed by atoms with Crippen molar-refractivity contribution < 1.29 is 19.4 Å². The molecule has 1 aliphatic heterocycles. The van der Waals surface area contributed by atoms with Crippen molar-refractivity contribution in [2.75, 3.05) is 19.7 Å². The van der Waals surface area contributed by atoms with Crippen LogP contribution in [0.2, 0.25) is 0 Å². The number of carbonyl (C=O) groups excluding carboxylic acids is 1. The maximum atomic E-state index is 11.1. The molecule has 0 radical (unpaired) electrons. The third-order valence-corrected chi connectivity index (χ3v) is 1.95. The number of ether oxygens (including phenoxy) is 1. The van der Waals surface area contributed by atoms with E-state index in [1.807, 2.05) is 6.92 Å². The average Bonchev–Trinajstić information content (AvgIpc) is 2.08. The van der Waals surface area contributed by atoms with Crippen LogP contribution in [0.25, 0.3) is 0 Å². The first-order valence-electron chi connectivity index (χ1n) is 4.29. The molecular weight excluding hydrogens is 174 g/mol. The van der Waals surface area contributed by atoms with Crippen LogP contribution in [0.1, 0.15) is 13.3 Å². The Morgan fingerprint density at radius 2 is 2.46 bits per heavy atom. The summed E-state index contributed by atoms with van der Waals surface area (Å²) in [7, 11) is 0. The number of hydrogen-bond donors (Lipinski definition) is 1. The smallest absolute Gasteiger partial charge is 0.409 e. The van der Waals surface area contributed by atoms with Crippen LogP contribution in [0.4, 0.5) is 4.79 Å². The maximum Gasteiger partial charge on any atom is 0.409 e. The number of carboxylic acid groups (broad SMARTS) is 1. The second kappa shape index (κ2) is 4.11. The van der Waals surface area contributed by atoms with Crippen molar-refractivity contribution in [3.8, 4) is 0 Å². The van der Waals surface area contributed by atoms with Crippen molar-refractivity contribution in [3.63, 3.8) is 0 Å². The molecular formula is C8H13NO4. The Balaban J connectivity index is 2.52. The van der Waals surface area contributed by atoms with Crippen molar-refractivity contribution in [1.29, 1.82) is 0 Å². The summed E-state index contributed by atoms with van der Waals surface area (Å²) in [5.74, 6) is -1.49. The summed E-state index contributed by atoms with van der Waals surface area (Å²) < 4.78 is 4.72. The fraction of sp³-hybridized carbons (Fsp3) is 0.750. The van der Waals surface area contributed by atoms with Gasteiger partial charge in [0.1, 0.15) is 12.5 Å². The number of amides is 1.